The lowest BCUT2D eigenvalue weighted by molar-refractivity contribution is -0.140. The zero-order valence-electron chi connectivity index (χ0n) is 17.9. The number of benzene rings is 2. The Balaban J connectivity index is 1.73. The van der Waals surface area contributed by atoms with Crippen LogP contribution in [0.3, 0.4) is 0 Å². The molecule has 32 heavy (non-hydrogen) atoms. The summed E-state index contributed by atoms with van der Waals surface area (Å²) in [5.41, 5.74) is 0.969. The number of hydrogen-bond acceptors (Lipinski definition) is 7. The Morgan fingerprint density at radius 1 is 1.09 bits per heavy atom. The molecule has 8 nitrogen and oxygen atoms in total. The lowest BCUT2D eigenvalue weighted by Crippen LogP contribution is -2.42. The number of morpholine rings is 1. The number of aliphatic hydroxyl groups is 1. The summed E-state index contributed by atoms with van der Waals surface area (Å²) in [6.45, 7) is 3.66. The number of phenols is 1. The van der Waals surface area contributed by atoms with Gasteiger partial charge in [-0.3, -0.25) is 14.5 Å². The Hall–Kier alpha value is -3.36. The number of nitrogens with zero attached hydrogens (tertiary/aromatic N) is 2. The first kappa shape index (κ1) is 21.9. The third kappa shape index (κ3) is 4.32. The largest absolute Gasteiger partial charge is 0.508 e. The van der Waals surface area contributed by atoms with Crippen molar-refractivity contribution in [3.05, 3.63) is 65.2 Å². The highest BCUT2D eigenvalue weighted by molar-refractivity contribution is 6.46. The van der Waals surface area contributed by atoms with Crippen molar-refractivity contribution >= 4 is 17.4 Å². The van der Waals surface area contributed by atoms with E-state index >= 15 is 0 Å². The van der Waals surface area contributed by atoms with E-state index in [4.69, 9.17) is 9.47 Å². The molecule has 0 aliphatic carbocycles. The van der Waals surface area contributed by atoms with Gasteiger partial charge in [-0.05, 0) is 42.0 Å². The van der Waals surface area contributed by atoms with E-state index in [0.717, 1.165) is 13.1 Å². The maximum Gasteiger partial charge on any atom is 0.295 e. The fourth-order valence-electron chi connectivity index (χ4n) is 4.13. The van der Waals surface area contributed by atoms with Crippen molar-refractivity contribution in [3.63, 3.8) is 0 Å². The predicted molar refractivity (Wildman–Crippen MR) is 117 cm³/mol. The second kappa shape index (κ2) is 9.42. The summed E-state index contributed by atoms with van der Waals surface area (Å²) < 4.78 is 10.5. The van der Waals surface area contributed by atoms with Crippen LogP contribution < -0.4 is 4.74 Å². The van der Waals surface area contributed by atoms with Gasteiger partial charge in [0.05, 0.1) is 31.9 Å². The molecule has 2 aliphatic heterocycles. The summed E-state index contributed by atoms with van der Waals surface area (Å²) in [7, 11) is 1.54. The van der Waals surface area contributed by atoms with Crippen LogP contribution in [0.4, 0.5) is 0 Å². The van der Waals surface area contributed by atoms with Crippen LogP contribution in [0.1, 0.15) is 17.2 Å². The molecule has 2 N–H and O–H groups in total. The lowest BCUT2D eigenvalue weighted by Gasteiger charge is -2.31. The first-order valence-electron chi connectivity index (χ1n) is 10.5. The van der Waals surface area contributed by atoms with Crippen LogP contribution in [-0.4, -0.2) is 78.2 Å². The highest BCUT2D eigenvalue weighted by Gasteiger charge is 2.46. The quantitative estimate of drug-likeness (QED) is 0.405. The molecule has 4 rings (SSSR count). The number of ketones is 1. The highest BCUT2D eigenvalue weighted by atomic mass is 16.5. The molecule has 0 saturated carbocycles. The standard InChI is InChI=1S/C24H26N2O6/c1-31-19-7-5-16(6-8-19)22(28)20-21(17-3-2-4-18(27)15-17)26(24(30)23(20)29)10-9-25-11-13-32-14-12-25/h2-8,15,21,27-28H,9-14H2,1H3/b22-20+. The zero-order valence-corrected chi connectivity index (χ0v) is 17.9. The van der Waals surface area contributed by atoms with E-state index in [2.05, 4.69) is 4.90 Å². The minimum atomic E-state index is -0.801. The number of aromatic hydroxyl groups is 1. The molecule has 2 aromatic rings. The van der Waals surface area contributed by atoms with E-state index in [0.29, 0.717) is 43.2 Å². The van der Waals surface area contributed by atoms with Crippen molar-refractivity contribution in [2.45, 2.75) is 6.04 Å². The summed E-state index contributed by atoms with van der Waals surface area (Å²) in [6, 6.07) is 12.2. The Bertz CT molecular complexity index is 1030. The van der Waals surface area contributed by atoms with Crippen molar-refractivity contribution in [3.8, 4) is 11.5 Å². The molecule has 2 aliphatic rings. The number of phenolic OH excluding ortho intramolecular Hbond substituents is 1. The van der Waals surface area contributed by atoms with Crippen molar-refractivity contribution in [2.24, 2.45) is 0 Å². The molecule has 2 fully saturated rings. The number of ether oxygens (including phenoxy) is 2. The third-order valence-corrected chi connectivity index (χ3v) is 5.85. The van der Waals surface area contributed by atoms with E-state index < -0.39 is 17.7 Å². The number of likely N-dealkylation sites (tertiary alicyclic amines) is 1. The van der Waals surface area contributed by atoms with Crippen LogP contribution in [0.2, 0.25) is 0 Å². The van der Waals surface area contributed by atoms with Gasteiger partial charge in [0.25, 0.3) is 11.7 Å². The second-order valence-electron chi connectivity index (χ2n) is 7.77. The van der Waals surface area contributed by atoms with E-state index in [9.17, 15) is 19.8 Å². The van der Waals surface area contributed by atoms with Crippen LogP contribution in [-0.2, 0) is 14.3 Å². The second-order valence-corrected chi connectivity index (χ2v) is 7.77. The number of hydrogen-bond donors (Lipinski definition) is 2. The SMILES string of the molecule is COc1ccc(/C(O)=C2\C(=O)C(=O)N(CCN3CCOCC3)C2c2cccc(O)c2)cc1. The van der Waals surface area contributed by atoms with Gasteiger partial charge in [-0.2, -0.15) is 0 Å². The first-order valence-corrected chi connectivity index (χ1v) is 10.5. The number of carbonyl (C=O) groups is 2. The molecule has 2 aromatic carbocycles. The van der Waals surface area contributed by atoms with Gasteiger partial charge in [0.15, 0.2) is 0 Å². The van der Waals surface area contributed by atoms with Crippen molar-refractivity contribution in [1.82, 2.24) is 9.80 Å². The molecule has 168 valence electrons. The molecule has 0 aromatic heterocycles. The van der Waals surface area contributed by atoms with Gasteiger partial charge >= 0.3 is 0 Å². The summed E-state index contributed by atoms with van der Waals surface area (Å²) in [6.07, 6.45) is 0. The normalized spacial score (nSPS) is 21.2. The molecule has 0 bridgehead atoms. The fraction of sp³-hybridized carbons (Fsp3) is 0.333. The number of aliphatic hydroxyl groups excluding tert-OH is 1. The van der Waals surface area contributed by atoms with Crippen molar-refractivity contribution in [1.29, 1.82) is 0 Å². The molecule has 2 saturated heterocycles. The van der Waals surface area contributed by atoms with Crippen LogP contribution in [0, 0.1) is 0 Å². The number of rotatable bonds is 6. The van der Waals surface area contributed by atoms with Gasteiger partial charge in [0.2, 0.25) is 0 Å². The molecular weight excluding hydrogens is 412 g/mol. The molecule has 1 atom stereocenters. The van der Waals surface area contributed by atoms with Crippen LogP contribution in [0.5, 0.6) is 11.5 Å². The van der Waals surface area contributed by atoms with Crippen molar-refractivity contribution in [2.75, 3.05) is 46.5 Å². The smallest absolute Gasteiger partial charge is 0.295 e. The number of methoxy groups -OCH3 is 1. The van der Waals surface area contributed by atoms with E-state index in [1.807, 2.05) is 0 Å². The fourth-order valence-corrected chi connectivity index (χ4v) is 4.13. The Morgan fingerprint density at radius 2 is 1.81 bits per heavy atom. The minimum Gasteiger partial charge on any atom is -0.508 e. The lowest BCUT2D eigenvalue weighted by atomic mass is 9.95. The van der Waals surface area contributed by atoms with E-state index in [1.54, 1.807) is 36.4 Å². The van der Waals surface area contributed by atoms with Gasteiger partial charge in [0.1, 0.15) is 17.3 Å². The van der Waals surface area contributed by atoms with E-state index in [-0.39, 0.29) is 17.1 Å². The topological polar surface area (TPSA) is 99.5 Å². The highest BCUT2D eigenvalue weighted by Crippen LogP contribution is 2.40. The predicted octanol–water partition coefficient (Wildman–Crippen LogP) is 2.15. The average Bonchev–Trinajstić information content (AvgIpc) is 3.08. The number of carbonyl (C=O) groups excluding carboxylic acids is 2. The molecule has 2 heterocycles. The monoisotopic (exact) mass is 438 g/mol. The number of Topliss-reactive ketones (excluding diaryl/α,β-unsaturated/α-hetero) is 1. The molecule has 0 spiro atoms. The Morgan fingerprint density at radius 3 is 2.47 bits per heavy atom. The van der Waals surface area contributed by atoms with Crippen LogP contribution in [0.15, 0.2) is 54.1 Å². The summed E-state index contributed by atoms with van der Waals surface area (Å²) in [5.74, 6) is -1.04. The van der Waals surface area contributed by atoms with Gasteiger partial charge in [-0.25, -0.2) is 0 Å². The van der Waals surface area contributed by atoms with Gasteiger partial charge in [0, 0.05) is 31.7 Å². The van der Waals surface area contributed by atoms with Gasteiger partial charge in [-0.1, -0.05) is 12.1 Å². The minimum absolute atomic E-state index is 0.00717. The van der Waals surface area contributed by atoms with Crippen molar-refractivity contribution < 1.29 is 29.3 Å². The Kier molecular flexibility index (Phi) is 6.43. The summed E-state index contributed by atoms with van der Waals surface area (Å²) >= 11 is 0. The molecule has 1 amide bonds. The average molecular weight is 438 g/mol. The molecule has 0 radical (unpaired) electrons. The van der Waals surface area contributed by atoms with Gasteiger partial charge in [-0.15, -0.1) is 0 Å². The number of amides is 1. The van der Waals surface area contributed by atoms with Crippen LogP contribution in [0.25, 0.3) is 5.76 Å². The van der Waals surface area contributed by atoms with E-state index in [1.165, 1.54) is 24.1 Å². The maximum atomic E-state index is 13.0. The first-order chi connectivity index (χ1) is 15.5. The Labute approximate surface area is 186 Å². The zero-order chi connectivity index (χ0) is 22.7. The molecule has 1 unspecified atom stereocenters. The maximum absolute atomic E-state index is 13.0. The third-order valence-electron chi connectivity index (χ3n) is 5.85. The summed E-state index contributed by atoms with van der Waals surface area (Å²) in [5, 5.41) is 21.1. The van der Waals surface area contributed by atoms with Crippen LogP contribution >= 0.6 is 0 Å². The molecular formula is C24H26N2O6. The van der Waals surface area contributed by atoms with Gasteiger partial charge < -0.3 is 24.6 Å². The molecule has 8 heteroatoms. The summed E-state index contributed by atoms with van der Waals surface area (Å²) in [4.78, 5) is 29.7.